The monoisotopic (exact) mass is 1170 g/mol. The van der Waals surface area contributed by atoms with Crippen LogP contribution in [0.1, 0.15) is 158 Å². The van der Waals surface area contributed by atoms with Crippen LogP contribution in [0.3, 0.4) is 0 Å². The van der Waals surface area contributed by atoms with Crippen LogP contribution in [0.2, 0.25) is 0 Å². The smallest absolute Gasteiger partial charge is 0.201 e. The highest BCUT2D eigenvalue weighted by atomic mass is 14.9. The molecule has 0 radical (unpaired) electrons. The van der Waals surface area contributed by atoms with E-state index in [2.05, 4.69) is 296 Å². The van der Waals surface area contributed by atoms with Crippen LogP contribution in [-0.4, -0.2) is 0 Å². The molecule has 0 spiro atoms. The fourth-order valence-corrected chi connectivity index (χ4v) is 11.3. The van der Waals surface area contributed by atoms with Gasteiger partial charge in [-0.15, -0.1) is 0 Å². The molecule has 0 aliphatic carbocycles. The van der Waals surface area contributed by atoms with Crippen molar-refractivity contribution in [3.05, 3.63) is 267 Å². The Morgan fingerprint density at radius 1 is 0.333 bits per heavy atom. The molecular weight excluding hydrogens is 1050 g/mol. The summed E-state index contributed by atoms with van der Waals surface area (Å²) in [5, 5.41) is 0. The summed E-state index contributed by atoms with van der Waals surface area (Å²) in [4.78, 5) is 0. The van der Waals surface area contributed by atoms with Gasteiger partial charge in [0.2, 0.25) is 28.5 Å². The lowest BCUT2D eigenvalue weighted by atomic mass is 9.96. The number of aryl methyl sites for hydroxylation is 14. The van der Waals surface area contributed by atoms with Gasteiger partial charge in [-0.2, -0.15) is 0 Å². The number of aromatic nitrogens is 5. The Labute approximate surface area is 539 Å². The molecule has 0 unspecified atom stereocenters. The van der Waals surface area contributed by atoms with Crippen molar-refractivity contribution >= 4 is 0 Å². The van der Waals surface area contributed by atoms with Crippen LogP contribution in [0.15, 0.2) is 195 Å². The van der Waals surface area contributed by atoms with Crippen molar-refractivity contribution in [2.45, 2.75) is 142 Å². The first kappa shape index (κ1) is 55.4. The van der Waals surface area contributed by atoms with E-state index in [1.165, 1.54) is 118 Å². The van der Waals surface area contributed by atoms with Gasteiger partial charge in [-0.25, -0.2) is 22.8 Å². The number of hydrogen-bond donors (Lipinski definition) is 0. The first-order valence-electron chi connectivity index (χ1n) is 35.1. The lowest BCUT2D eigenvalue weighted by Crippen LogP contribution is -2.32. The molecule has 5 heteroatoms. The Morgan fingerprint density at radius 3 is 1.14 bits per heavy atom. The quantitative estimate of drug-likeness (QED) is 0.122. The average Bonchev–Trinajstić information content (AvgIpc) is 0.721. The fraction of sp³-hybridized carbons (Fsp3) is 0.329. The first-order chi connectivity index (χ1) is 44.8. The third-order valence-electron chi connectivity index (χ3n) is 16.2. The standard InChI is InChI=1S/4C17H22N.C14H16N/c1-12(2)16-10-17(18(5)11-14(16)4)15-9-7-6-8-13(15)3;2*1-12(2)16-11-18(5)17(10-14(16)4)15-9-7-6-8-13(15)3;1-13(2)11-15-8-9-16(14(3)12-15)17-7-5-6-10-18(17)4;1-11-7-8-12(2)13(10-11)14-6-4-5-9-15(14)3/h3*6-12H,1-5H3;5-10,12-13H,11H2,1-4H3;4-10H,1-3H3/q5*+1/i;;;1D3,2D3,11D2,13D;. The van der Waals surface area contributed by atoms with Crippen molar-refractivity contribution in [3.8, 4) is 56.3 Å². The van der Waals surface area contributed by atoms with Gasteiger partial charge in [-0.05, 0) is 185 Å². The Kier molecular flexibility index (Phi) is 20.1. The van der Waals surface area contributed by atoms with E-state index in [9.17, 15) is 0 Å². The molecule has 0 amide bonds. The Bertz CT molecular complexity index is 4190. The van der Waals surface area contributed by atoms with Crippen LogP contribution < -0.4 is 22.8 Å². The SMILES string of the molecule is Cc1ccc(C)c(-c2cccc[n+]2C)c1.Cc1ccccc1-c1cc(C(C)C)c(C)c[n+]1C.Cc1ccccc1-c1cc(C)c(C(C)C)c[n+]1C.Cc1ccccc1-c1cc(C)c(C(C)C)c[n+]1C.[2H]C([2H])([2H])C([2H])(C([2H])([2H])[2H])C([2H])([2H])c1ccc(-c2cccc[n+]2C)c(C)c1. The summed E-state index contributed by atoms with van der Waals surface area (Å²) >= 11 is 0. The van der Waals surface area contributed by atoms with Crippen LogP contribution in [0, 0.1) is 68.2 Å². The van der Waals surface area contributed by atoms with E-state index < -0.39 is 26.0 Å². The van der Waals surface area contributed by atoms with Crippen LogP contribution >= 0.6 is 0 Å². The van der Waals surface area contributed by atoms with Gasteiger partial charge < -0.3 is 0 Å². The number of rotatable bonds is 10. The molecule has 0 fully saturated rings. The second-order valence-corrected chi connectivity index (χ2v) is 24.4. The summed E-state index contributed by atoms with van der Waals surface area (Å²) < 4.78 is 80.8. The van der Waals surface area contributed by atoms with Crippen LogP contribution in [0.4, 0.5) is 0 Å². The van der Waals surface area contributed by atoms with Gasteiger partial charge in [0.15, 0.2) is 31.0 Å². The topological polar surface area (TPSA) is 19.4 Å². The van der Waals surface area contributed by atoms with Crippen LogP contribution in [-0.2, 0) is 41.6 Å². The van der Waals surface area contributed by atoms with Crippen LogP contribution in [0.25, 0.3) is 56.3 Å². The highest BCUT2D eigenvalue weighted by Crippen LogP contribution is 2.29. The highest BCUT2D eigenvalue weighted by molar-refractivity contribution is 5.65. The summed E-state index contributed by atoms with van der Waals surface area (Å²) in [5.41, 5.74) is 27.6. The van der Waals surface area contributed by atoms with Gasteiger partial charge in [0.25, 0.3) is 0 Å². The Hall–Kier alpha value is -8.15. The van der Waals surface area contributed by atoms with Gasteiger partial charge >= 0.3 is 0 Å². The normalized spacial score (nSPS) is 13.0. The zero-order valence-corrected chi connectivity index (χ0v) is 55.9. The molecule has 5 nitrogen and oxygen atoms in total. The fourth-order valence-electron chi connectivity index (χ4n) is 11.3. The largest absolute Gasteiger partial charge is 0.212 e. The summed E-state index contributed by atoms with van der Waals surface area (Å²) in [6, 6.07) is 55.5. The Balaban J connectivity index is 0.000000192. The predicted octanol–water partition coefficient (Wildman–Crippen LogP) is 18.2. The minimum absolute atomic E-state index is 0.149. The molecule has 0 saturated carbocycles. The predicted molar refractivity (Wildman–Crippen MR) is 369 cm³/mol. The third-order valence-corrected chi connectivity index (χ3v) is 16.2. The summed E-state index contributed by atoms with van der Waals surface area (Å²) in [6.45, 7) is 25.9. The number of nitrogens with zero attached hydrogens (tertiary/aromatic N) is 5. The van der Waals surface area contributed by atoms with Crippen molar-refractivity contribution in [2.75, 3.05) is 0 Å². The zero-order chi connectivity index (χ0) is 71.5. The van der Waals surface area contributed by atoms with Gasteiger partial charge in [0.1, 0.15) is 35.2 Å². The molecule has 0 aliphatic heterocycles. The van der Waals surface area contributed by atoms with Crippen molar-refractivity contribution in [3.63, 3.8) is 0 Å². The van der Waals surface area contributed by atoms with E-state index in [4.69, 9.17) is 12.3 Å². The van der Waals surface area contributed by atoms with Gasteiger partial charge in [0, 0.05) is 99.3 Å². The number of pyridine rings is 5. The highest BCUT2D eigenvalue weighted by Gasteiger charge is 2.20. The second-order valence-electron chi connectivity index (χ2n) is 24.4. The van der Waals surface area contributed by atoms with E-state index in [-0.39, 0.29) is 5.56 Å². The summed E-state index contributed by atoms with van der Waals surface area (Å²) in [7, 11) is 10.3. The van der Waals surface area contributed by atoms with Crippen molar-refractivity contribution in [2.24, 2.45) is 41.1 Å². The number of benzene rings is 5. The molecular formula is C82H104N5+5. The molecule has 0 N–H and O–H groups in total. The van der Waals surface area contributed by atoms with Crippen molar-refractivity contribution in [1.29, 1.82) is 0 Å². The molecule has 87 heavy (non-hydrogen) atoms. The maximum atomic E-state index is 8.30. The van der Waals surface area contributed by atoms with Gasteiger partial charge in [-0.1, -0.05) is 140 Å². The molecule has 5 aromatic carbocycles. The average molecular weight is 1170 g/mol. The van der Waals surface area contributed by atoms with Crippen LogP contribution in [0.5, 0.6) is 0 Å². The van der Waals surface area contributed by atoms with Crippen molar-refractivity contribution in [1.82, 2.24) is 0 Å². The lowest BCUT2D eigenvalue weighted by Gasteiger charge is -2.11. The van der Waals surface area contributed by atoms with E-state index in [1.54, 1.807) is 13.0 Å². The minimum atomic E-state index is -3.35. The molecule has 5 heterocycles. The van der Waals surface area contributed by atoms with E-state index in [0.717, 1.165) is 11.3 Å². The summed E-state index contributed by atoms with van der Waals surface area (Å²) in [5.74, 6) is -1.60. The second kappa shape index (κ2) is 31.5. The lowest BCUT2D eigenvalue weighted by molar-refractivity contribution is -0.661. The zero-order valence-electron chi connectivity index (χ0n) is 64.9. The van der Waals surface area contributed by atoms with E-state index in [1.807, 2.05) is 36.0 Å². The molecule has 0 saturated heterocycles. The third kappa shape index (κ3) is 18.2. The number of hydrogen-bond acceptors (Lipinski definition) is 0. The van der Waals surface area contributed by atoms with Crippen molar-refractivity contribution < 1.29 is 35.2 Å². The minimum Gasteiger partial charge on any atom is -0.201 e. The molecule has 10 rings (SSSR count). The maximum Gasteiger partial charge on any atom is 0.212 e. The molecule has 10 aromatic rings. The Morgan fingerprint density at radius 2 is 0.724 bits per heavy atom. The van der Waals surface area contributed by atoms with Gasteiger partial charge in [-0.3, -0.25) is 0 Å². The van der Waals surface area contributed by atoms with Gasteiger partial charge in [0.05, 0.1) is 0 Å². The molecule has 452 valence electrons. The molecule has 0 aliphatic rings. The van der Waals surface area contributed by atoms with E-state index in [0.29, 0.717) is 23.3 Å². The summed E-state index contributed by atoms with van der Waals surface area (Å²) in [6.07, 6.45) is 7.78. The maximum absolute atomic E-state index is 8.30. The molecule has 5 aromatic heterocycles. The molecule has 0 bridgehead atoms. The molecule has 0 atom stereocenters. The first-order valence-corrected chi connectivity index (χ1v) is 30.6. The van der Waals surface area contributed by atoms with E-state index >= 15 is 0 Å².